The number of carbonyl (C=O) groups is 2. The number of rotatable bonds is 5. The lowest BCUT2D eigenvalue weighted by atomic mass is 9.89. The molecule has 3 N–H and O–H groups in total. The van der Waals surface area contributed by atoms with Gasteiger partial charge in [0.15, 0.2) is 5.82 Å². The van der Waals surface area contributed by atoms with Gasteiger partial charge in [-0.2, -0.15) is 4.37 Å². The lowest BCUT2D eigenvalue weighted by Crippen LogP contribution is -2.30. The lowest BCUT2D eigenvalue weighted by Gasteiger charge is -2.21. The second kappa shape index (κ2) is 7.21. The van der Waals surface area contributed by atoms with Gasteiger partial charge in [-0.25, -0.2) is 4.79 Å². The number of nitrogens with one attached hydrogen (secondary N) is 2. The van der Waals surface area contributed by atoms with E-state index < -0.39 is 6.09 Å². The van der Waals surface area contributed by atoms with Crippen LogP contribution in [0.15, 0.2) is 6.58 Å². The average Bonchev–Trinajstić information content (AvgIpc) is 2.87. The zero-order valence-electron chi connectivity index (χ0n) is 11.7. The molecule has 0 atom stereocenters. The van der Waals surface area contributed by atoms with Crippen LogP contribution in [-0.2, 0) is 0 Å². The first-order valence-electron chi connectivity index (χ1n) is 7.02. The minimum atomic E-state index is -1.21. The molecule has 2 amide bonds. The highest BCUT2D eigenvalue weighted by Gasteiger charge is 2.20. The number of amides is 2. The van der Waals surface area contributed by atoms with Gasteiger partial charge in [-0.15, -0.1) is 0 Å². The maximum atomic E-state index is 12.2. The van der Waals surface area contributed by atoms with Gasteiger partial charge < -0.3 is 10.4 Å². The topological polar surface area (TPSA) is 91.3 Å². The second-order valence-electron chi connectivity index (χ2n) is 5.12. The van der Waals surface area contributed by atoms with Crippen molar-refractivity contribution in [2.75, 3.05) is 11.9 Å². The Labute approximate surface area is 127 Å². The smallest absolute Gasteiger partial charge is 0.410 e. The van der Waals surface area contributed by atoms with Crippen molar-refractivity contribution in [3.8, 4) is 0 Å². The Morgan fingerprint density at radius 1 is 1.38 bits per heavy atom. The van der Waals surface area contributed by atoms with Crippen LogP contribution in [0, 0.1) is 5.92 Å². The van der Waals surface area contributed by atoms with E-state index in [0.717, 1.165) is 24.4 Å². The third-order valence-electron chi connectivity index (χ3n) is 3.64. The summed E-state index contributed by atoms with van der Waals surface area (Å²) in [6.45, 7) is 4.28. The summed E-state index contributed by atoms with van der Waals surface area (Å²) in [5, 5.41) is 13.8. The summed E-state index contributed by atoms with van der Waals surface area (Å²) in [5.41, 5.74) is 0.434. The predicted octanol–water partition coefficient (Wildman–Crippen LogP) is 3.19. The van der Waals surface area contributed by atoms with Gasteiger partial charge in [0.2, 0.25) is 0 Å². The molecule has 114 valence electrons. The third kappa shape index (κ3) is 4.04. The summed E-state index contributed by atoms with van der Waals surface area (Å²) in [7, 11) is 0. The normalized spacial score (nSPS) is 15.4. The minimum Gasteiger partial charge on any atom is -0.465 e. The molecule has 0 bridgehead atoms. The fourth-order valence-electron chi connectivity index (χ4n) is 2.55. The van der Waals surface area contributed by atoms with E-state index in [1.165, 1.54) is 25.3 Å². The molecule has 1 saturated carbocycles. The van der Waals surface area contributed by atoms with Crippen molar-refractivity contribution < 1.29 is 14.7 Å². The number of carboxylic acid groups (broad SMARTS) is 1. The molecule has 1 aliphatic rings. The molecule has 7 heteroatoms. The highest BCUT2D eigenvalue weighted by Crippen LogP contribution is 2.26. The van der Waals surface area contributed by atoms with Gasteiger partial charge in [-0.1, -0.05) is 31.9 Å². The first-order chi connectivity index (χ1) is 10.1. The van der Waals surface area contributed by atoms with Crippen molar-refractivity contribution in [1.82, 2.24) is 9.69 Å². The van der Waals surface area contributed by atoms with Gasteiger partial charge in [0.05, 0.1) is 0 Å². The molecule has 0 aromatic carbocycles. The average molecular weight is 309 g/mol. The van der Waals surface area contributed by atoms with E-state index >= 15 is 0 Å². The molecular formula is C14H19N3O3S. The summed E-state index contributed by atoms with van der Waals surface area (Å²) in [5.74, 6) is 0.483. The van der Waals surface area contributed by atoms with Gasteiger partial charge in [-0.05, 0) is 30.3 Å². The monoisotopic (exact) mass is 309 g/mol. The molecular weight excluding hydrogens is 290 g/mol. The molecule has 0 unspecified atom stereocenters. The van der Waals surface area contributed by atoms with Crippen molar-refractivity contribution in [2.24, 2.45) is 5.92 Å². The summed E-state index contributed by atoms with van der Waals surface area (Å²) in [6, 6.07) is 0. The molecule has 0 spiro atoms. The second-order valence-corrected chi connectivity index (χ2v) is 5.90. The lowest BCUT2D eigenvalue weighted by molar-refractivity contribution is 0.0947. The molecule has 1 fully saturated rings. The van der Waals surface area contributed by atoms with Crippen LogP contribution in [0.3, 0.4) is 0 Å². The number of aromatic nitrogens is 1. The molecule has 0 saturated heterocycles. The summed E-state index contributed by atoms with van der Waals surface area (Å²) in [6.07, 6.45) is 6.29. The molecule has 6 nitrogen and oxygen atoms in total. The van der Waals surface area contributed by atoms with Gasteiger partial charge in [0.25, 0.3) is 5.91 Å². The zero-order valence-corrected chi connectivity index (χ0v) is 12.5. The van der Waals surface area contributed by atoms with Crippen LogP contribution < -0.4 is 10.6 Å². The third-order valence-corrected chi connectivity index (χ3v) is 4.50. The van der Waals surface area contributed by atoms with Gasteiger partial charge in [0, 0.05) is 12.1 Å². The standard InChI is InChI=1S/C14H19N3O3S/c1-2-10-11(21-17-12(10)16-14(19)20)13(18)15-8-9-6-4-3-5-7-9/h2,9H,1,3-8H2,(H,15,18)(H,16,17)(H,19,20). The molecule has 0 radical (unpaired) electrons. The molecule has 21 heavy (non-hydrogen) atoms. The number of hydrogen-bond donors (Lipinski definition) is 3. The maximum absolute atomic E-state index is 12.2. The predicted molar refractivity (Wildman–Crippen MR) is 82.8 cm³/mol. The Bertz CT molecular complexity index is 536. The highest BCUT2D eigenvalue weighted by molar-refractivity contribution is 7.08. The van der Waals surface area contributed by atoms with E-state index in [0.29, 0.717) is 22.9 Å². The maximum Gasteiger partial charge on any atom is 0.410 e. The first-order valence-corrected chi connectivity index (χ1v) is 7.79. The Balaban J connectivity index is 1.99. The van der Waals surface area contributed by atoms with Crippen LogP contribution in [-0.4, -0.2) is 28.0 Å². The van der Waals surface area contributed by atoms with Crippen LogP contribution in [0.25, 0.3) is 6.08 Å². The van der Waals surface area contributed by atoms with Crippen molar-refractivity contribution in [3.63, 3.8) is 0 Å². The number of carbonyl (C=O) groups excluding carboxylic acids is 1. The zero-order chi connectivity index (χ0) is 15.2. The van der Waals surface area contributed by atoms with Crippen molar-refractivity contribution in [2.45, 2.75) is 32.1 Å². The van der Waals surface area contributed by atoms with Crippen LogP contribution in [0.4, 0.5) is 10.6 Å². The highest BCUT2D eigenvalue weighted by atomic mass is 32.1. The summed E-state index contributed by atoms with van der Waals surface area (Å²) >= 11 is 0.978. The Morgan fingerprint density at radius 2 is 2.10 bits per heavy atom. The van der Waals surface area contributed by atoms with E-state index in [1.54, 1.807) is 0 Å². The van der Waals surface area contributed by atoms with E-state index in [-0.39, 0.29) is 11.7 Å². The van der Waals surface area contributed by atoms with Crippen molar-refractivity contribution in [3.05, 3.63) is 17.0 Å². The van der Waals surface area contributed by atoms with Gasteiger partial charge in [-0.3, -0.25) is 10.1 Å². The number of nitrogens with zero attached hydrogens (tertiary/aromatic N) is 1. The SMILES string of the molecule is C=Cc1c(NC(=O)O)nsc1C(=O)NCC1CCCCC1. The van der Waals surface area contributed by atoms with Crippen molar-refractivity contribution in [1.29, 1.82) is 0 Å². The molecule has 1 aromatic heterocycles. The van der Waals surface area contributed by atoms with E-state index in [9.17, 15) is 9.59 Å². The number of hydrogen-bond acceptors (Lipinski definition) is 4. The molecule has 2 rings (SSSR count). The Hall–Kier alpha value is -1.89. The van der Waals surface area contributed by atoms with E-state index in [1.807, 2.05) is 0 Å². The fraction of sp³-hybridized carbons (Fsp3) is 0.500. The van der Waals surface area contributed by atoms with E-state index in [4.69, 9.17) is 5.11 Å². The van der Waals surface area contributed by atoms with Gasteiger partial charge >= 0.3 is 6.09 Å². The molecule has 1 aliphatic carbocycles. The first kappa shape index (κ1) is 15.5. The Morgan fingerprint density at radius 3 is 2.71 bits per heavy atom. The largest absolute Gasteiger partial charge is 0.465 e. The van der Waals surface area contributed by atoms with Crippen LogP contribution in [0.1, 0.15) is 47.3 Å². The fourth-order valence-corrected chi connectivity index (χ4v) is 3.31. The quantitative estimate of drug-likeness (QED) is 0.779. The van der Waals surface area contributed by atoms with Crippen LogP contribution in [0.2, 0.25) is 0 Å². The summed E-state index contributed by atoms with van der Waals surface area (Å²) in [4.78, 5) is 23.3. The Kier molecular flexibility index (Phi) is 5.32. The molecule has 1 heterocycles. The molecule has 1 aromatic rings. The molecule has 0 aliphatic heterocycles. The number of anilines is 1. The van der Waals surface area contributed by atoms with E-state index in [2.05, 4.69) is 21.6 Å². The summed E-state index contributed by atoms with van der Waals surface area (Å²) < 4.78 is 3.96. The van der Waals surface area contributed by atoms with Crippen molar-refractivity contribution >= 4 is 35.4 Å². The van der Waals surface area contributed by atoms with Crippen LogP contribution in [0.5, 0.6) is 0 Å². The van der Waals surface area contributed by atoms with Crippen LogP contribution >= 0.6 is 11.5 Å². The van der Waals surface area contributed by atoms with Gasteiger partial charge in [0.1, 0.15) is 4.88 Å². The minimum absolute atomic E-state index is 0.158.